The zero-order valence-corrected chi connectivity index (χ0v) is 11.2. The van der Waals surface area contributed by atoms with Gasteiger partial charge in [0.2, 0.25) is 0 Å². The fraction of sp³-hybridized carbons (Fsp3) is 0.133. The largest absolute Gasteiger partial charge is 0.494 e. The molecule has 98 valence electrons. The number of hydrogen-bond donors (Lipinski definition) is 0. The molecular formula is C15H13ClO3. The molecule has 0 N–H and O–H groups in total. The summed E-state index contributed by atoms with van der Waals surface area (Å²) in [6.07, 6.45) is 0.716. The second kappa shape index (κ2) is 6.25. The molecule has 0 radical (unpaired) electrons. The smallest absolute Gasteiger partial charge is 0.153 e. The molecule has 19 heavy (non-hydrogen) atoms. The SMILES string of the molecule is CCOc1cccc(Oc2ccc(Cl)cc2C=O)c1. The number of halogens is 1. The highest BCUT2D eigenvalue weighted by Gasteiger charge is 2.06. The third-order valence-corrected chi connectivity index (χ3v) is 2.68. The van der Waals surface area contributed by atoms with E-state index in [2.05, 4.69) is 0 Å². The van der Waals surface area contributed by atoms with Crippen LogP contribution >= 0.6 is 11.6 Å². The predicted octanol–water partition coefficient (Wildman–Crippen LogP) is 4.34. The van der Waals surface area contributed by atoms with E-state index in [0.29, 0.717) is 35.0 Å². The summed E-state index contributed by atoms with van der Waals surface area (Å²) in [5, 5.41) is 0.498. The van der Waals surface area contributed by atoms with E-state index in [1.807, 2.05) is 19.1 Å². The Bertz CT molecular complexity index is 581. The molecular weight excluding hydrogens is 264 g/mol. The van der Waals surface area contributed by atoms with Crippen LogP contribution in [0.15, 0.2) is 42.5 Å². The Morgan fingerprint density at radius 1 is 1.16 bits per heavy atom. The molecule has 3 nitrogen and oxygen atoms in total. The van der Waals surface area contributed by atoms with E-state index in [4.69, 9.17) is 21.1 Å². The van der Waals surface area contributed by atoms with Gasteiger partial charge in [-0.05, 0) is 37.3 Å². The van der Waals surface area contributed by atoms with Crippen LogP contribution in [-0.4, -0.2) is 12.9 Å². The average molecular weight is 277 g/mol. The number of benzene rings is 2. The fourth-order valence-electron chi connectivity index (χ4n) is 1.63. The van der Waals surface area contributed by atoms with Gasteiger partial charge in [-0.25, -0.2) is 0 Å². The maximum absolute atomic E-state index is 11.0. The number of carbonyl (C=O) groups is 1. The highest BCUT2D eigenvalue weighted by atomic mass is 35.5. The van der Waals surface area contributed by atoms with Crippen LogP contribution in [0.25, 0.3) is 0 Å². The second-order valence-corrected chi connectivity index (χ2v) is 4.25. The van der Waals surface area contributed by atoms with E-state index in [9.17, 15) is 4.79 Å². The van der Waals surface area contributed by atoms with E-state index >= 15 is 0 Å². The Morgan fingerprint density at radius 2 is 1.95 bits per heavy atom. The number of aldehydes is 1. The third-order valence-electron chi connectivity index (χ3n) is 2.44. The molecule has 0 aliphatic carbocycles. The van der Waals surface area contributed by atoms with Crippen LogP contribution in [0.5, 0.6) is 17.2 Å². The minimum atomic E-state index is 0.411. The summed E-state index contributed by atoms with van der Waals surface area (Å²) in [6, 6.07) is 12.2. The molecule has 4 heteroatoms. The minimum Gasteiger partial charge on any atom is -0.494 e. The van der Waals surface area contributed by atoms with Crippen LogP contribution in [-0.2, 0) is 0 Å². The van der Waals surface area contributed by atoms with Gasteiger partial charge in [-0.15, -0.1) is 0 Å². The first-order chi connectivity index (χ1) is 9.22. The lowest BCUT2D eigenvalue weighted by Crippen LogP contribution is -1.93. The molecule has 0 fully saturated rings. The van der Waals surface area contributed by atoms with Crippen molar-refractivity contribution in [3.8, 4) is 17.2 Å². The summed E-state index contributed by atoms with van der Waals surface area (Å²) in [5.41, 5.74) is 0.411. The van der Waals surface area contributed by atoms with E-state index in [0.717, 1.165) is 5.75 Å². The zero-order chi connectivity index (χ0) is 13.7. The highest BCUT2D eigenvalue weighted by molar-refractivity contribution is 6.30. The molecule has 0 unspecified atom stereocenters. The third kappa shape index (κ3) is 3.48. The Kier molecular flexibility index (Phi) is 4.42. The molecule has 0 bridgehead atoms. The van der Waals surface area contributed by atoms with E-state index < -0.39 is 0 Å². The monoisotopic (exact) mass is 276 g/mol. The molecule has 0 aromatic heterocycles. The molecule has 2 rings (SSSR count). The van der Waals surface area contributed by atoms with Crippen LogP contribution in [0.3, 0.4) is 0 Å². The molecule has 0 saturated carbocycles. The lowest BCUT2D eigenvalue weighted by molar-refractivity contribution is 0.112. The predicted molar refractivity (Wildman–Crippen MR) is 74.5 cm³/mol. The Balaban J connectivity index is 2.25. The van der Waals surface area contributed by atoms with Gasteiger partial charge in [0.25, 0.3) is 0 Å². The second-order valence-electron chi connectivity index (χ2n) is 3.81. The van der Waals surface area contributed by atoms with E-state index in [1.54, 1.807) is 30.3 Å². The molecule has 0 atom stereocenters. The van der Waals surface area contributed by atoms with Crippen molar-refractivity contribution in [2.75, 3.05) is 6.61 Å². The molecule has 0 saturated heterocycles. The van der Waals surface area contributed by atoms with Crippen molar-refractivity contribution in [1.82, 2.24) is 0 Å². The van der Waals surface area contributed by atoms with E-state index in [-0.39, 0.29) is 0 Å². The van der Waals surface area contributed by atoms with Crippen molar-refractivity contribution >= 4 is 17.9 Å². The van der Waals surface area contributed by atoms with Gasteiger partial charge in [0, 0.05) is 11.1 Å². The normalized spacial score (nSPS) is 10.0. The Labute approximate surface area is 116 Å². The number of rotatable bonds is 5. The topological polar surface area (TPSA) is 35.5 Å². The molecule has 0 spiro atoms. The standard InChI is InChI=1S/C15H13ClO3/c1-2-18-13-4-3-5-14(9-13)19-15-7-6-12(16)8-11(15)10-17/h3-10H,2H2,1H3. The Morgan fingerprint density at radius 3 is 2.68 bits per heavy atom. The van der Waals surface area contributed by atoms with Gasteiger partial charge in [-0.1, -0.05) is 17.7 Å². The summed E-state index contributed by atoms with van der Waals surface area (Å²) in [7, 11) is 0. The molecule has 0 aliphatic heterocycles. The maximum Gasteiger partial charge on any atom is 0.153 e. The minimum absolute atomic E-state index is 0.411. The van der Waals surface area contributed by atoms with Gasteiger partial charge in [-0.2, -0.15) is 0 Å². The van der Waals surface area contributed by atoms with Crippen molar-refractivity contribution in [2.24, 2.45) is 0 Å². The van der Waals surface area contributed by atoms with Gasteiger partial charge in [0.1, 0.15) is 17.2 Å². The molecule has 0 amide bonds. The lowest BCUT2D eigenvalue weighted by atomic mass is 10.2. The average Bonchev–Trinajstić information content (AvgIpc) is 2.41. The Hall–Kier alpha value is -2.00. The van der Waals surface area contributed by atoms with Crippen LogP contribution in [0.2, 0.25) is 5.02 Å². The van der Waals surface area contributed by atoms with Crippen molar-refractivity contribution in [2.45, 2.75) is 6.92 Å². The first-order valence-corrected chi connectivity index (χ1v) is 6.26. The van der Waals surface area contributed by atoms with Crippen molar-refractivity contribution in [3.63, 3.8) is 0 Å². The molecule has 0 heterocycles. The summed E-state index contributed by atoms with van der Waals surface area (Å²) >= 11 is 5.83. The highest BCUT2D eigenvalue weighted by Crippen LogP contribution is 2.28. The van der Waals surface area contributed by atoms with Crippen molar-refractivity contribution in [1.29, 1.82) is 0 Å². The van der Waals surface area contributed by atoms with Crippen LogP contribution < -0.4 is 9.47 Å². The van der Waals surface area contributed by atoms with Gasteiger partial charge in [0.15, 0.2) is 6.29 Å². The zero-order valence-electron chi connectivity index (χ0n) is 10.4. The van der Waals surface area contributed by atoms with Crippen LogP contribution in [0.1, 0.15) is 17.3 Å². The first-order valence-electron chi connectivity index (χ1n) is 5.88. The maximum atomic E-state index is 11.0. The number of ether oxygens (including phenoxy) is 2. The lowest BCUT2D eigenvalue weighted by Gasteiger charge is -2.10. The van der Waals surface area contributed by atoms with Crippen LogP contribution in [0, 0.1) is 0 Å². The van der Waals surface area contributed by atoms with Crippen molar-refractivity contribution < 1.29 is 14.3 Å². The fourth-order valence-corrected chi connectivity index (χ4v) is 1.81. The van der Waals surface area contributed by atoms with Gasteiger partial charge in [0.05, 0.1) is 12.2 Å². The molecule has 0 aliphatic rings. The summed E-state index contributed by atoms with van der Waals surface area (Å²) in [5.74, 6) is 1.80. The van der Waals surface area contributed by atoms with E-state index in [1.165, 1.54) is 0 Å². The number of hydrogen-bond acceptors (Lipinski definition) is 3. The van der Waals surface area contributed by atoms with Gasteiger partial charge >= 0.3 is 0 Å². The van der Waals surface area contributed by atoms with Crippen LogP contribution in [0.4, 0.5) is 0 Å². The van der Waals surface area contributed by atoms with Crippen molar-refractivity contribution in [3.05, 3.63) is 53.1 Å². The molecule has 2 aromatic carbocycles. The van der Waals surface area contributed by atoms with Gasteiger partial charge < -0.3 is 9.47 Å². The first kappa shape index (κ1) is 13.4. The summed E-state index contributed by atoms with van der Waals surface area (Å²) in [6.45, 7) is 2.50. The number of carbonyl (C=O) groups excluding carboxylic acids is 1. The van der Waals surface area contributed by atoms with Gasteiger partial charge in [-0.3, -0.25) is 4.79 Å². The molecule has 2 aromatic rings. The quantitative estimate of drug-likeness (QED) is 0.762. The summed E-state index contributed by atoms with van der Waals surface area (Å²) in [4.78, 5) is 11.0. The summed E-state index contributed by atoms with van der Waals surface area (Å²) < 4.78 is 11.1.